The second kappa shape index (κ2) is 6.77. The number of carbonyl (C=O) groups excluding carboxylic acids is 1. The summed E-state index contributed by atoms with van der Waals surface area (Å²) in [5.41, 5.74) is 0. The van der Waals surface area contributed by atoms with Crippen molar-refractivity contribution in [2.24, 2.45) is 0 Å². The van der Waals surface area contributed by atoms with E-state index in [4.69, 9.17) is 5.11 Å². The number of amides is 1. The van der Waals surface area contributed by atoms with Gasteiger partial charge in [-0.3, -0.25) is 9.59 Å². The Morgan fingerprint density at radius 1 is 1.46 bits per heavy atom. The number of hydrogen-bond donors (Lipinski definition) is 3. The maximum absolute atomic E-state index is 11.1. The van der Waals surface area contributed by atoms with E-state index in [1.54, 1.807) is 0 Å². The molecule has 0 aliphatic carbocycles. The Labute approximate surface area is 83.1 Å². The molecule has 0 aromatic heterocycles. The summed E-state index contributed by atoms with van der Waals surface area (Å²) in [6.45, 7) is 1.85. The van der Waals surface area contributed by atoms with Crippen LogP contribution in [0.2, 0.25) is 0 Å². The Bertz CT molecular complexity index is 184. The minimum absolute atomic E-state index is 0.0423. The van der Waals surface area contributed by atoms with Crippen molar-refractivity contribution in [1.29, 1.82) is 0 Å². The second-order valence-electron chi connectivity index (χ2n) is 2.90. The second-order valence-corrected chi connectivity index (χ2v) is 3.26. The zero-order chi connectivity index (χ0) is 10.3. The highest BCUT2D eigenvalue weighted by molar-refractivity contribution is 7.80. The standard InChI is InChI=1S/C8H15NO3S/c1-6(5-13)9-7(10)3-2-4-8(11)12/h6,13H,2-5H2,1H3,(H,9,10)(H,11,12). The van der Waals surface area contributed by atoms with E-state index in [-0.39, 0.29) is 24.8 Å². The Hall–Kier alpha value is -0.710. The van der Waals surface area contributed by atoms with Gasteiger partial charge in [0.2, 0.25) is 5.91 Å². The molecule has 0 heterocycles. The zero-order valence-corrected chi connectivity index (χ0v) is 8.51. The smallest absolute Gasteiger partial charge is 0.303 e. The van der Waals surface area contributed by atoms with Crippen molar-refractivity contribution in [1.82, 2.24) is 5.32 Å². The van der Waals surface area contributed by atoms with Crippen LogP contribution in [0, 0.1) is 0 Å². The molecule has 0 saturated carbocycles. The molecule has 0 aromatic rings. The normalized spacial score (nSPS) is 12.2. The van der Waals surface area contributed by atoms with Gasteiger partial charge in [0.05, 0.1) is 0 Å². The summed E-state index contributed by atoms with van der Waals surface area (Å²) in [6.07, 6.45) is 0.702. The molecule has 1 unspecified atom stereocenters. The Kier molecular flexibility index (Phi) is 6.40. The molecule has 2 N–H and O–H groups in total. The van der Waals surface area contributed by atoms with E-state index in [1.165, 1.54) is 0 Å². The molecule has 0 aliphatic heterocycles. The average molecular weight is 205 g/mol. The van der Waals surface area contributed by atoms with Gasteiger partial charge in [0, 0.05) is 24.6 Å². The van der Waals surface area contributed by atoms with Crippen LogP contribution in [0.5, 0.6) is 0 Å². The van der Waals surface area contributed by atoms with Crippen LogP contribution in [0.15, 0.2) is 0 Å². The molecular weight excluding hydrogens is 190 g/mol. The van der Waals surface area contributed by atoms with E-state index in [0.29, 0.717) is 12.2 Å². The van der Waals surface area contributed by atoms with Crippen LogP contribution >= 0.6 is 12.6 Å². The summed E-state index contributed by atoms with van der Waals surface area (Å²) >= 11 is 4.01. The Morgan fingerprint density at radius 3 is 2.54 bits per heavy atom. The summed E-state index contributed by atoms with van der Waals surface area (Å²) in [4.78, 5) is 21.2. The molecule has 0 aromatic carbocycles. The molecule has 0 bridgehead atoms. The van der Waals surface area contributed by atoms with Crippen molar-refractivity contribution in [3.63, 3.8) is 0 Å². The van der Waals surface area contributed by atoms with Gasteiger partial charge in [0.25, 0.3) is 0 Å². The van der Waals surface area contributed by atoms with Gasteiger partial charge in [0.1, 0.15) is 0 Å². The first-order valence-corrected chi connectivity index (χ1v) is 4.81. The van der Waals surface area contributed by atoms with Crippen molar-refractivity contribution in [2.75, 3.05) is 5.75 Å². The molecule has 0 rings (SSSR count). The number of rotatable bonds is 6. The van der Waals surface area contributed by atoms with Gasteiger partial charge in [-0.25, -0.2) is 0 Å². The van der Waals surface area contributed by atoms with Gasteiger partial charge in [-0.2, -0.15) is 12.6 Å². The first-order valence-electron chi connectivity index (χ1n) is 4.18. The lowest BCUT2D eigenvalue weighted by atomic mass is 10.2. The molecule has 0 aliphatic rings. The number of hydrogen-bond acceptors (Lipinski definition) is 3. The molecule has 0 spiro atoms. The number of carboxylic acids is 1. The molecule has 76 valence electrons. The quantitative estimate of drug-likeness (QED) is 0.558. The van der Waals surface area contributed by atoms with Crippen molar-refractivity contribution in [3.05, 3.63) is 0 Å². The fourth-order valence-electron chi connectivity index (χ4n) is 0.793. The molecule has 4 nitrogen and oxygen atoms in total. The largest absolute Gasteiger partial charge is 0.481 e. The van der Waals surface area contributed by atoms with Gasteiger partial charge >= 0.3 is 5.97 Å². The van der Waals surface area contributed by atoms with E-state index >= 15 is 0 Å². The molecule has 0 saturated heterocycles. The average Bonchev–Trinajstić information content (AvgIpc) is 2.03. The van der Waals surface area contributed by atoms with Gasteiger partial charge in [-0.1, -0.05) is 0 Å². The molecule has 5 heteroatoms. The molecule has 0 fully saturated rings. The maximum atomic E-state index is 11.1. The van der Waals surface area contributed by atoms with Crippen LogP contribution in [0.4, 0.5) is 0 Å². The van der Waals surface area contributed by atoms with E-state index in [9.17, 15) is 9.59 Å². The molecule has 0 radical (unpaired) electrons. The number of carbonyl (C=O) groups is 2. The van der Waals surface area contributed by atoms with Crippen molar-refractivity contribution in [3.8, 4) is 0 Å². The highest BCUT2D eigenvalue weighted by atomic mass is 32.1. The number of carboxylic acid groups (broad SMARTS) is 1. The van der Waals surface area contributed by atoms with Gasteiger partial charge in [0.15, 0.2) is 0 Å². The summed E-state index contributed by atoms with van der Waals surface area (Å²) in [6, 6.07) is 0.0423. The van der Waals surface area contributed by atoms with Crippen molar-refractivity contribution >= 4 is 24.5 Å². The summed E-state index contributed by atoms with van der Waals surface area (Å²) < 4.78 is 0. The third-order valence-corrected chi connectivity index (χ3v) is 2.02. The Balaban J connectivity index is 3.46. The highest BCUT2D eigenvalue weighted by Crippen LogP contribution is 1.96. The Morgan fingerprint density at radius 2 is 2.08 bits per heavy atom. The fraction of sp³-hybridized carbons (Fsp3) is 0.750. The van der Waals surface area contributed by atoms with Crippen LogP contribution in [0.1, 0.15) is 26.2 Å². The molecule has 1 amide bonds. The summed E-state index contributed by atoms with van der Waals surface area (Å²) in [5, 5.41) is 11.0. The third-order valence-electron chi connectivity index (χ3n) is 1.48. The zero-order valence-electron chi connectivity index (χ0n) is 7.62. The fourth-order valence-corrected chi connectivity index (χ4v) is 0.884. The van der Waals surface area contributed by atoms with Gasteiger partial charge in [-0.05, 0) is 13.3 Å². The minimum Gasteiger partial charge on any atom is -0.481 e. The van der Waals surface area contributed by atoms with Crippen molar-refractivity contribution < 1.29 is 14.7 Å². The van der Waals surface area contributed by atoms with E-state index in [2.05, 4.69) is 17.9 Å². The van der Waals surface area contributed by atoms with Crippen LogP contribution in [0.25, 0.3) is 0 Å². The maximum Gasteiger partial charge on any atom is 0.303 e. The predicted molar refractivity (Wildman–Crippen MR) is 52.9 cm³/mol. The number of thiol groups is 1. The number of aliphatic carboxylic acids is 1. The highest BCUT2D eigenvalue weighted by Gasteiger charge is 2.06. The SMILES string of the molecule is CC(CS)NC(=O)CCCC(=O)O. The first-order chi connectivity index (χ1) is 6.06. The van der Waals surface area contributed by atoms with E-state index in [0.717, 1.165) is 0 Å². The predicted octanol–water partition coefficient (Wildman–Crippen LogP) is 0.676. The van der Waals surface area contributed by atoms with Crippen LogP contribution in [-0.4, -0.2) is 28.8 Å². The topological polar surface area (TPSA) is 66.4 Å². The molecular formula is C8H15NO3S. The first kappa shape index (κ1) is 12.3. The lowest BCUT2D eigenvalue weighted by Crippen LogP contribution is -2.33. The number of nitrogens with one attached hydrogen (secondary N) is 1. The molecule has 1 atom stereocenters. The van der Waals surface area contributed by atoms with E-state index < -0.39 is 5.97 Å². The minimum atomic E-state index is -0.866. The van der Waals surface area contributed by atoms with Crippen LogP contribution in [0.3, 0.4) is 0 Å². The molecule has 13 heavy (non-hydrogen) atoms. The lowest BCUT2D eigenvalue weighted by Gasteiger charge is -2.09. The summed E-state index contributed by atoms with van der Waals surface area (Å²) in [5.74, 6) is -0.386. The monoisotopic (exact) mass is 205 g/mol. The van der Waals surface area contributed by atoms with Crippen LogP contribution in [-0.2, 0) is 9.59 Å². The van der Waals surface area contributed by atoms with Crippen molar-refractivity contribution in [2.45, 2.75) is 32.2 Å². The summed E-state index contributed by atoms with van der Waals surface area (Å²) in [7, 11) is 0. The third kappa shape index (κ3) is 7.64. The lowest BCUT2D eigenvalue weighted by molar-refractivity contribution is -0.137. The van der Waals surface area contributed by atoms with Gasteiger partial charge in [-0.15, -0.1) is 0 Å². The van der Waals surface area contributed by atoms with E-state index in [1.807, 2.05) is 6.92 Å². The van der Waals surface area contributed by atoms with Gasteiger partial charge < -0.3 is 10.4 Å². The van der Waals surface area contributed by atoms with Crippen LogP contribution < -0.4 is 5.32 Å².